The van der Waals surface area contributed by atoms with Crippen molar-refractivity contribution in [2.24, 2.45) is 0 Å². The summed E-state index contributed by atoms with van der Waals surface area (Å²) in [6, 6.07) is 11.6. The zero-order chi connectivity index (χ0) is 12.8. The maximum Gasteiger partial charge on any atom is 0.304 e. The Bertz CT molecular complexity index is 531. The summed E-state index contributed by atoms with van der Waals surface area (Å²) in [5.74, 6) is 0. The van der Waals surface area contributed by atoms with E-state index in [-0.39, 0.29) is 6.17 Å². The van der Waals surface area contributed by atoms with Crippen molar-refractivity contribution < 1.29 is 0 Å². The molecule has 0 fully saturated rings. The van der Waals surface area contributed by atoms with Gasteiger partial charge in [-0.3, -0.25) is 4.85 Å². The Morgan fingerprint density at radius 3 is 2.78 bits per heavy atom. The van der Waals surface area contributed by atoms with E-state index in [9.17, 15) is 0 Å². The first-order chi connectivity index (χ1) is 8.81. The van der Waals surface area contributed by atoms with Gasteiger partial charge in [-0.1, -0.05) is 29.8 Å². The molecule has 1 atom stereocenters. The lowest BCUT2D eigenvalue weighted by molar-refractivity contribution is 0.620. The highest BCUT2D eigenvalue weighted by Crippen LogP contribution is 2.23. The highest BCUT2D eigenvalue weighted by Gasteiger charge is 2.17. The number of nitrogens with zero attached hydrogens (tertiary/aromatic N) is 1. The van der Waals surface area contributed by atoms with E-state index in [1.165, 1.54) is 4.88 Å². The van der Waals surface area contributed by atoms with Gasteiger partial charge in [0.1, 0.15) is 0 Å². The van der Waals surface area contributed by atoms with Crippen molar-refractivity contribution in [3.05, 3.63) is 68.7 Å². The van der Waals surface area contributed by atoms with Crippen LogP contribution in [-0.2, 0) is 6.42 Å². The third-order valence-electron chi connectivity index (χ3n) is 2.62. The minimum atomic E-state index is -0.362. The van der Waals surface area contributed by atoms with E-state index in [1.807, 2.05) is 30.3 Å². The lowest BCUT2D eigenvalue weighted by Crippen LogP contribution is -2.21. The van der Waals surface area contributed by atoms with Crippen molar-refractivity contribution in [3.8, 4) is 0 Å². The Kier molecular flexibility index (Phi) is 4.77. The van der Waals surface area contributed by atoms with Gasteiger partial charge in [0.05, 0.1) is 10.6 Å². The molecule has 0 aliphatic rings. The number of hydrogen-bond donors (Lipinski definition) is 1. The van der Waals surface area contributed by atoms with E-state index < -0.39 is 0 Å². The molecular weight excluding hydrogens is 264 g/mol. The van der Waals surface area contributed by atoms with Gasteiger partial charge >= 0.3 is 6.17 Å². The normalized spacial score (nSPS) is 12.0. The van der Waals surface area contributed by atoms with Crippen molar-refractivity contribution in [2.45, 2.75) is 12.6 Å². The molecule has 1 aromatic heterocycles. The lowest BCUT2D eigenvalue weighted by Gasteiger charge is -2.09. The second kappa shape index (κ2) is 6.55. The molecule has 2 aromatic rings. The van der Waals surface area contributed by atoms with E-state index >= 15 is 0 Å². The molecule has 0 radical (unpaired) electrons. The fraction of sp³-hybridized carbons (Fsp3) is 0.214. The smallest absolute Gasteiger partial charge is 0.291 e. The van der Waals surface area contributed by atoms with Crippen LogP contribution in [0.5, 0.6) is 0 Å². The lowest BCUT2D eigenvalue weighted by atomic mass is 10.1. The fourth-order valence-electron chi connectivity index (χ4n) is 1.71. The first-order valence-corrected chi connectivity index (χ1v) is 6.94. The molecule has 1 unspecified atom stereocenters. The van der Waals surface area contributed by atoms with Gasteiger partial charge in [0, 0.05) is 11.4 Å². The van der Waals surface area contributed by atoms with Crippen LogP contribution >= 0.6 is 22.9 Å². The van der Waals surface area contributed by atoms with Crippen LogP contribution in [-0.4, -0.2) is 6.54 Å². The number of halogens is 1. The fourth-order valence-corrected chi connectivity index (χ4v) is 2.66. The van der Waals surface area contributed by atoms with Gasteiger partial charge in [-0.05, 0) is 30.0 Å². The zero-order valence-corrected chi connectivity index (χ0v) is 11.3. The second-order valence-corrected chi connectivity index (χ2v) is 5.28. The largest absolute Gasteiger partial charge is 0.304 e. The Balaban J connectivity index is 1.94. The van der Waals surface area contributed by atoms with Gasteiger partial charge in [-0.2, -0.15) is 0 Å². The molecule has 18 heavy (non-hydrogen) atoms. The van der Waals surface area contributed by atoms with Crippen molar-refractivity contribution in [2.75, 3.05) is 6.54 Å². The van der Waals surface area contributed by atoms with Gasteiger partial charge in [0.2, 0.25) is 0 Å². The Hall–Kier alpha value is -1.34. The number of benzene rings is 1. The Labute approximate surface area is 116 Å². The summed E-state index contributed by atoms with van der Waals surface area (Å²) >= 11 is 7.83. The highest BCUT2D eigenvalue weighted by molar-refractivity contribution is 7.09. The van der Waals surface area contributed by atoms with Crippen molar-refractivity contribution >= 4 is 22.9 Å². The summed E-state index contributed by atoms with van der Waals surface area (Å²) in [7, 11) is 0. The minimum Gasteiger partial charge on any atom is -0.291 e. The molecule has 0 bridgehead atoms. The van der Waals surface area contributed by atoms with Gasteiger partial charge < -0.3 is 0 Å². The number of nitrogens with one attached hydrogen (secondary N) is 1. The van der Waals surface area contributed by atoms with E-state index in [2.05, 4.69) is 21.6 Å². The van der Waals surface area contributed by atoms with E-state index in [0.29, 0.717) is 5.02 Å². The quantitative estimate of drug-likeness (QED) is 0.812. The average molecular weight is 277 g/mol. The molecule has 0 spiro atoms. The topological polar surface area (TPSA) is 16.4 Å². The van der Waals surface area contributed by atoms with Crippen LogP contribution in [0, 0.1) is 6.57 Å². The average Bonchev–Trinajstić information content (AvgIpc) is 2.89. The third kappa shape index (κ3) is 3.33. The molecule has 0 aliphatic carbocycles. The van der Waals surface area contributed by atoms with Crippen molar-refractivity contribution in [1.29, 1.82) is 0 Å². The molecule has 0 aliphatic heterocycles. The molecule has 0 saturated carbocycles. The molecule has 1 aromatic carbocycles. The maximum absolute atomic E-state index is 7.25. The second-order valence-electron chi connectivity index (χ2n) is 3.84. The summed E-state index contributed by atoms with van der Waals surface area (Å²) in [5.41, 5.74) is 0.848. The van der Waals surface area contributed by atoms with Gasteiger partial charge in [-0.25, -0.2) is 11.9 Å². The molecule has 1 N–H and O–H groups in total. The minimum absolute atomic E-state index is 0.362. The summed E-state index contributed by atoms with van der Waals surface area (Å²) in [5, 5.41) is 5.94. The molecule has 0 amide bonds. The molecule has 2 rings (SSSR count). The Morgan fingerprint density at radius 1 is 1.28 bits per heavy atom. The molecular formula is C14H13ClN2S. The monoisotopic (exact) mass is 276 g/mol. The van der Waals surface area contributed by atoms with Crippen LogP contribution in [0.1, 0.15) is 16.6 Å². The van der Waals surface area contributed by atoms with Crippen LogP contribution in [0.25, 0.3) is 4.85 Å². The third-order valence-corrected chi connectivity index (χ3v) is 3.90. The molecule has 4 heteroatoms. The summed E-state index contributed by atoms with van der Waals surface area (Å²) < 4.78 is 0. The highest BCUT2D eigenvalue weighted by atomic mass is 35.5. The molecule has 1 heterocycles. The van der Waals surface area contributed by atoms with Crippen molar-refractivity contribution in [1.82, 2.24) is 5.32 Å². The van der Waals surface area contributed by atoms with Crippen LogP contribution < -0.4 is 5.32 Å². The molecule has 0 saturated heterocycles. The molecule has 92 valence electrons. The number of hydrogen-bond acceptors (Lipinski definition) is 2. The van der Waals surface area contributed by atoms with E-state index in [4.69, 9.17) is 18.2 Å². The predicted octanol–water partition coefficient (Wildman–Crippen LogP) is 4.15. The van der Waals surface area contributed by atoms with E-state index in [1.54, 1.807) is 11.3 Å². The molecule has 2 nitrogen and oxygen atoms in total. The SMILES string of the molecule is [C-]#[N+]C(NCCc1cccs1)c1ccccc1Cl. The number of rotatable bonds is 5. The first-order valence-electron chi connectivity index (χ1n) is 5.68. The summed E-state index contributed by atoms with van der Waals surface area (Å²) in [4.78, 5) is 4.92. The van der Waals surface area contributed by atoms with Crippen LogP contribution in [0.2, 0.25) is 5.02 Å². The van der Waals surface area contributed by atoms with Crippen LogP contribution in [0.3, 0.4) is 0 Å². The predicted molar refractivity (Wildman–Crippen MR) is 76.8 cm³/mol. The van der Waals surface area contributed by atoms with Crippen molar-refractivity contribution in [3.63, 3.8) is 0 Å². The van der Waals surface area contributed by atoms with Gasteiger partial charge in [0.25, 0.3) is 0 Å². The zero-order valence-electron chi connectivity index (χ0n) is 9.77. The maximum atomic E-state index is 7.25. The standard InChI is InChI=1S/C14H13ClN2S/c1-16-14(12-6-2-3-7-13(12)15)17-9-8-11-5-4-10-18-11/h2-7,10,14,17H,8-9H2. The van der Waals surface area contributed by atoms with Gasteiger partial charge in [0.15, 0.2) is 0 Å². The first kappa shape index (κ1) is 13.1. The summed E-state index contributed by atoms with van der Waals surface area (Å²) in [6.07, 6.45) is 0.576. The Morgan fingerprint density at radius 2 is 2.11 bits per heavy atom. The van der Waals surface area contributed by atoms with E-state index in [0.717, 1.165) is 18.5 Å². The number of thiophene rings is 1. The van der Waals surface area contributed by atoms with Crippen LogP contribution in [0.4, 0.5) is 0 Å². The van der Waals surface area contributed by atoms with Gasteiger partial charge in [-0.15, -0.1) is 11.3 Å². The summed E-state index contributed by atoms with van der Waals surface area (Å²) in [6.45, 7) is 8.03. The van der Waals surface area contributed by atoms with Crippen LogP contribution in [0.15, 0.2) is 41.8 Å².